The third kappa shape index (κ3) is 2.33. The van der Waals surface area contributed by atoms with E-state index >= 15 is 0 Å². The van der Waals surface area contributed by atoms with Crippen molar-refractivity contribution in [3.05, 3.63) is 77.4 Å². The Hall–Kier alpha value is -2.55. The number of methoxy groups -OCH3 is 1. The first-order valence-corrected chi connectivity index (χ1v) is 7.98. The number of carbonyl (C=O) groups is 1. The lowest BCUT2D eigenvalue weighted by atomic mass is 9.76. The van der Waals surface area contributed by atoms with Crippen LogP contribution in [0.1, 0.15) is 39.9 Å². The molecule has 0 amide bonds. The summed E-state index contributed by atoms with van der Waals surface area (Å²) in [6.07, 6.45) is 5.59. The standard InChI is InChI=1S/C20H19NO2/c1-23-20(22)14-10-11-18-17(12-14)15-8-5-9-16(15)19(21-18)13-6-3-2-4-7-13/h2-8,10-12,15-16,19,21H,9H2,1H3/t15-,16-,19+/m1/s1. The van der Waals surface area contributed by atoms with E-state index in [0.29, 0.717) is 23.4 Å². The normalized spacial score (nSPS) is 24.5. The van der Waals surface area contributed by atoms with Gasteiger partial charge in [-0.1, -0.05) is 42.5 Å². The Morgan fingerprint density at radius 3 is 2.78 bits per heavy atom. The molecule has 1 heterocycles. The average Bonchev–Trinajstić information content (AvgIpc) is 3.10. The Balaban J connectivity index is 1.76. The molecule has 1 N–H and O–H groups in total. The van der Waals surface area contributed by atoms with Gasteiger partial charge in [0.15, 0.2) is 0 Å². The molecule has 0 saturated heterocycles. The third-order valence-corrected chi connectivity index (χ3v) is 4.94. The minimum absolute atomic E-state index is 0.281. The van der Waals surface area contributed by atoms with Gasteiger partial charge in [0.25, 0.3) is 0 Å². The van der Waals surface area contributed by atoms with E-state index in [1.54, 1.807) is 0 Å². The lowest BCUT2D eigenvalue weighted by Crippen LogP contribution is -2.29. The summed E-state index contributed by atoms with van der Waals surface area (Å²) in [5.41, 5.74) is 4.23. The van der Waals surface area contributed by atoms with Crippen LogP contribution in [-0.4, -0.2) is 13.1 Å². The zero-order valence-corrected chi connectivity index (χ0v) is 13.0. The van der Waals surface area contributed by atoms with Crippen LogP contribution < -0.4 is 5.32 Å². The van der Waals surface area contributed by atoms with Crippen LogP contribution in [0.4, 0.5) is 5.69 Å². The molecule has 3 heteroatoms. The summed E-state index contributed by atoms with van der Waals surface area (Å²) in [5, 5.41) is 3.68. The Bertz CT molecular complexity index is 766. The van der Waals surface area contributed by atoms with Crippen LogP contribution in [0.2, 0.25) is 0 Å². The fourth-order valence-corrected chi connectivity index (χ4v) is 3.83. The number of ether oxygens (including phenoxy) is 1. The molecule has 0 bridgehead atoms. The first-order valence-electron chi connectivity index (χ1n) is 7.98. The highest BCUT2D eigenvalue weighted by Gasteiger charge is 2.38. The van der Waals surface area contributed by atoms with Gasteiger partial charge in [-0.15, -0.1) is 0 Å². The van der Waals surface area contributed by atoms with E-state index in [-0.39, 0.29) is 5.97 Å². The van der Waals surface area contributed by atoms with Crippen molar-refractivity contribution in [3.8, 4) is 0 Å². The number of anilines is 1. The molecule has 2 aromatic rings. The Kier molecular flexibility index (Phi) is 3.41. The van der Waals surface area contributed by atoms with E-state index in [2.05, 4.69) is 41.7 Å². The fraction of sp³-hybridized carbons (Fsp3) is 0.250. The molecule has 1 aliphatic carbocycles. The van der Waals surface area contributed by atoms with Gasteiger partial charge in [0, 0.05) is 11.6 Å². The van der Waals surface area contributed by atoms with Gasteiger partial charge in [0.1, 0.15) is 0 Å². The number of nitrogens with one attached hydrogen (secondary N) is 1. The van der Waals surface area contributed by atoms with Gasteiger partial charge in [-0.05, 0) is 41.7 Å². The van der Waals surface area contributed by atoms with E-state index in [0.717, 1.165) is 12.1 Å². The van der Waals surface area contributed by atoms with Crippen molar-refractivity contribution in [2.75, 3.05) is 12.4 Å². The first-order chi connectivity index (χ1) is 11.3. The van der Waals surface area contributed by atoms with Gasteiger partial charge >= 0.3 is 5.97 Å². The van der Waals surface area contributed by atoms with Crippen molar-refractivity contribution in [3.63, 3.8) is 0 Å². The summed E-state index contributed by atoms with van der Waals surface area (Å²) in [6.45, 7) is 0. The Labute approximate surface area is 136 Å². The maximum absolute atomic E-state index is 11.8. The highest BCUT2D eigenvalue weighted by molar-refractivity contribution is 5.90. The van der Waals surface area contributed by atoms with Crippen LogP contribution in [-0.2, 0) is 4.74 Å². The zero-order chi connectivity index (χ0) is 15.8. The van der Waals surface area contributed by atoms with Crippen LogP contribution in [0, 0.1) is 5.92 Å². The van der Waals surface area contributed by atoms with Crippen molar-refractivity contribution in [2.45, 2.75) is 18.4 Å². The van der Waals surface area contributed by atoms with Gasteiger partial charge in [-0.25, -0.2) is 4.79 Å². The van der Waals surface area contributed by atoms with Crippen LogP contribution in [0.15, 0.2) is 60.7 Å². The molecule has 23 heavy (non-hydrogen) atoms. The predicted molar refractivity (Wildman–Crippen MR) is 90.6 cm³/mol. The van der Waals surface area contributed by atoms with E-state index in [9.17, 15) is 4.79 Å². The summed E-state index contributed by atoms with van der Waals surface area (Å²) < 4.78 is 4.85. The maximum atomic E-state index is 11.8. The predicted octanol–water partition coefficient (Wildman–Crippen LogP) is 4.30. The Morgan fingerprint density at radius 2 is 2.00 bits per heavy atom. The van der Waals surface area contributed by atoms with Crippen LogP contribution in [0.25, 0.3) is 0 Å². The van der Waals surface area contributed by atoms with Crippen molar-refractivity contribution >= 4 is 11.7 Å². The smallest absolute Gasteiger partial charge is 0.337 e. The minimum Gasteiger partial charge on any atom is -0.465 e. The third-order valence-electron chi connectivity index (χ3n) is 4.94. The van der Waals surface area contributed by atoms with Crippen molar-refractivity contribution in [1.29, 1.82) is 0 Å². The van der Waals surface area contributed by atoms with Crippen molar-refractivity contribution < 1.29 is 9.53 Å². The second-order valence-electron chi connectivity index (χ2n) is 6.18. The summed E-state index contributed by atoms with van der Waals surface area (Å²) in [6, 6.07) is 16.7. The van der Waals surface area contributed by atoms with Gasteiger partial charge < -0.3 is 10.1 Å². The number of esters is 1. The molecule has 2 aliphatic rings. The van der Waals surface area contributed by atoms with Gasteiger partial charge in [-0.3, -0.25) is 0 Å². The van der Waals surface area contributed by atoms with Gasteiger partial charge in [0.2, 0.25) is 0 Å². The molecule has 3 atom stereocenters. The molecule has 3 nitrogen and oxygen atoms in total. The van der Waals surface area contributed by atoms with E-state index in [1.807, 2.05) is 24.3 Å². The SMILES string of the molecule is COC(=O)c1ccc2c(c1)[C@@H]1C=CC[C@H]1[C@H](c1ccccc1)N2. The average molecular weight is 305 g/mol. The van der Waals surface area contributed by atoms with Crippen LogP contribution in [0.5, 0.6) is 0 Å². The van der Waals surface area contributed by atoms with E-state index < -0.39 is 0 Å². The zero-order valence-electron chi connectivity index (χ0n) is 13.0. The number of fused-ring (bicyclic) bond motifs is 3. The molecular weight excluding hydrogens is 286 g/mol. The second kappa shape index (κ2) is 5.58. The monoisotopic (exact) mass is 305 g/mol. The van der Waals surface area contributed by atoms with Crippen molar-refractivity contribution in [1.82, 2.24) is 0 Å². The molecule has 0 unspecified atom stereocenters. The summed E-state index contributed by atoms with van der Waals surface area (Å²) in [7, 11) is 1.42. The van der Waals surface area contributed by atoms with Gasteiger partial charge in [-0.2, -0.15) is 0 Å². The Morgan fingerprint density at radius 1 is 1.17 bits per heavy atom. The van der Waals surface area contributed by atoms with E-state index in [4.69, 9.17) is 4.74 Å². The summed E-state index contributed by atoms with van der Waals surface area (Å²) in [5.74, 6) is 0.551. The lowest BCUT2D eigenvalue weighted by molar-refractivity contribution is 0.0600. The molecule has 116 valence electrons. The number of rotatable bonds is 2. The molecule has 0 aromatic heterocycles. The molecule has 0 fully saturated rings. The lowest BCUT2D eigenvalue weighted by Gasteiger charge is -2.37. The molecule has 0 radical (unpaired) electrons. The highest BCUT2D eigenvalue weighted by atomic mass is 16.5. The molecule has 1 aliphatic heterocycles. The number of carbonyl (C=O) groups excluding carboxylic acids is 1. The largest absolute Gasteiger partial charge is 0.465 e. The first kappa shape index (κ1) is 14.1. The summed E-state index contributed by atoms with van der Waals surface area (Å²) >= 11 is 0. The second-order valence-corrected chi connectivity index (χ2v) is 6.18. The van der Waals surface area contributed by atoms with Crippen molar-refractivity contribution in [2.24, 2.45) is 5.92 Å². The van der Waals surface area contributed by atoms with E-state index in [1.165, 1.54) is 18.2 Å². The van der Waals surface area contributed by atoms with Gasteiger partial charge in [0.05, 0.1) is 18.7 Å². The molecule has 2 aromatic carbocycles. The number of hydrogen-bond donors (Lipinski definition) is 1. The minimum atomic E-state index is -0.281. The fourth-order valence-electron chi connectivity index (χ4n) is 3.83. The van der Waals surface area contributed by atoms with Crippen LogP contribution in [0.3, 0.4) is 0 Å². The number of benzene rings is 2. The maximum Gasteiger partial charge on any atom is 0.337 e. The highest BCUT2D eigenvalue weighted by Crippen LogP contribution is 2.49. The van der Waals surface area contributed by atoms with Crippen LogP contribution >= 0.6 is 0 Å². The molecule has 0 spiro atoms. The topological polar surface area (TPSA) is 38.3 Å². The molecule has 4 rings (SSSR count). The number of allylic oxidation sites excluding steroid dienone is 2. The quantitative estimate of drug-likeness (QED) is 0.664. The molecular formula is C20H19NO2. The molecule has 0 saturated carbocycles. The summed E-state index contributed by atoms with van der Waals surface area (Å²) in [4.78, 5) is 11.8. The number of hydrogen-bond acceptors (Lipinski definition) is 3.